The van der Waals surface area contributed by atoms with Crippen LogP contribution in [0.5, 0.6) is 5.75 Å². The summed E-state index contributed by atoms with van der Waals surface area (Å²) in [6.07, 6.45) is -4.38. The third kappa shape index (κ3) is 6.70. The first kappa shape index (κ1) is 22.0. The second-order valence-corrected chi connectivity index (χ2v) is 7.39. The summed E-state index contributed by atoms with van der Waals surface area (Å²) in [5, 5.41) is 7.47. The summed E-state index contributed by atoms with van der Waals surface area (Å²) in [7, 11) is 0. The van der Waals surface area contributed by atoms with Crippen LogP contribution in [0.15, 0.2) is 28.6 Å². The highest BCUT2D eigenvalue weighted by Gasteiger charge is 2.33. The molecule has 0 aliphatic carbocycles. The topological polar surface area (TPSA) is 58.5 Å². The first-order valence-electron chi connectivity index (χ1n) is 8.99. The van der Waals surface area contributed by atoms with E-state index in [0.29, 0.717) is 24.1 Å². The van der Waals surface area contributed by atoms with Gasteiger partial charge in [0.25, 0.3) is 0 Å². The van der Waals surface area contributed by atoms with Gasteiger partial charge >= 0.3 is 6.18 Å². The number of hydrogen-bond donors (Lipinski definition) is 2. The van der Waals surface area contributed by atoms with E-state index in [9.17, 15) is 13.2 Å². The number of ether oxygens (including phenoxy) is 1. The lowest BCUT2D eigenvalue weighted by atomic mass is 10.1. The van der Waals surface area contributed by atoms with Gasteiger partial charge in [-0.1, -0.05) is 12.1 Å². The van der Waals surface area contributed by atoms with Gasteiger partial charge in [0, 0.05) is 17.5 Å². The smallest absolute Gasteiger partial charge is 0.434 e. The van der Waals surface area contributed by atoms with Crippen LogP contribution in [0.25, 0.3) is 0 Å². The number of hydrogen-bond acceptors (Lipinski definition) is 4. The molecule has 2 N–H and O–H groups in total. The molecule has 0 spiro atoms. The van der Waals surface area contributed by atoms with Crippen LogP contribution in [0.4, 0.5) is 13.2 Å². The second-order valence-electron chi connectivity index (χ2n) is 6.45. The first-order chi connectivity index (χ1) is 13.2. The van der Waals surface area contributed by atoms with Crippen LogP contribution in [-0.2, 0) is 19.3 Å². The SMILES string of the molecule is CCNC(=NCc1ccc(C)cc1OC(C)C)NCc1nc(C(F)(F)F)cs1. The quantitative estimate of drug-likeness (QED) is 0.517. The summed E-state index contributed by atoms with van der Waals surface area (Å²) in [5.74, 6) is 1.28. The molecule has 0 radical (unpaired) electrons. The van der Waals surface area contributed by atoms with Gasteiger partial charge in [0.1, 0.15) is 10.8 Å². The summed E-state index contributed by atoms with van der Waals surface area (Å²) >= 11 is 0.965. The van der Waals surface area contributed by atoms with Crippen molar-refractivity contribution in [2.45, 2.75) is 53.1 Å². The molecule has 0 aliphatic heterocycles. The number of rotatable bonds is 7. The Hall–Kier alpha value is -2.29. The van der Waals surface area contributed by atoms with E-state index in [4.69, 9.17) is 4.74 Å². The minimum Gasteiger partial charge on any atom is -0.491 e. The predicted molar refractivity (Wildman–Crippen MR) is 106 cm³/mol. The number of nitrogens with one attached hydrogen (secondary N) is 2. The fraction of sp³-hybridized carbons (Fsp3) is 0.474. The van der Waals surface area contributed by atoms with Gasteiger partial charge in [-0.3, -0.25) is 0 Å². The average molecular weight is 414 g/mol. The molecule has 2 rings (SSSR count). The van der Waals surface area contributed by atoms with Crippen LogP contribution in [-0.4, -0.2) is 23.6 Å². The van der Waals surface area contributed by atoms with Crippen molar-refractivity contribution in [3.63, 3.8) is 0 Å². The van der Waals surface area contributed by atoms with Gasteiger partial charge in [-0.25, -0.2) is 9.98 Å². The van der Waals surface area contributed by atoms with E-state index in [0.717, 1.165) is 33.6 Å². The molecule has 0 saturated carbocycles. The van der Waals surface area contributed by atoms with Crippen molar-refractivity contribution in [2.75, 3.05) is 6.54 Å². The highest BCUT2D eigenvalue weighted by Crippen LogP contribution is 2.30. The summed E-state index contributed by atoms with van der Waals surface area (Å²) in [6, 6.07) is 5.93. The van der Waals surface area contributed by atoms with E-state index in [1.807, 2.05) is 45.9 Å². The molecule has 1 aromatic heterocycles. The number of benzene rings is 1. The maximum Gasteiger partial charge on any atom is 0.434 e. The van der Waals surface area contributed by atoms with Crippen LogP contribution in [0.1, 0.15) is 42.6 Å². The van der Waals surface area contributed by atoms with Gasteiger partial charge in [0.2, 0.25) is 0 Å². The third-order valence-electron chi connectivity index (χ3n) is 3.59. The number of alkyl halides is 3. The van der Waals surface area contributed by atoms with Crippen LogP contribution in [0.3, 0.4) is 0 Å². The Labute approximate surface area is 167 Å². The van der Waals surface area contributed by atoms with E-state index in [1.165, 1.54) is 0 Å². The molecule has 0 aliphatic rings. The minimum atomic E-state index is -4.43. The fourth-order valence-electron chi connectivity index (χ4n) is 2.34. The van der Waals surface area contributed by atoms with Crippen molar-refractivity contribution in [3.8, 4) is 5.75 Å². The fourth-order valence-corrected chi connectivity index (χ4v) is 3.08. The molecule has 5 nitrogen and oxygen atoms in total. The number of aliphatic imine (C=N–C) groups is 1. The molecule has 28 heavy (non-hydrogen) atoms. The first-order valence-corrected chi connectivity index (χ1v) is 9.87. The van der Waals surface area contributed by atoms with E-state index in [1.54, 1.807) is 0 Å². The van der Waals surface area contributed by atoms with Crippen LogP contribution < -0.4 is 15.4 Å². The summed E-state index contributed by atoms with van der Waals surface area (Å²) in [6.45, 7) is 9.00. The van der Waals surface area contributed by atoms with Crippen molar-refractivity contribution in [2.24, 2.45) is 4.99 Å². The summed E-state index contributed by atoms with van der Waals surface area (Å²) < 4.78 is 43.8. The van der Waals surface area contributed by atoms with E-state index < -0.39 is 11.9 Å². The Bertz CT molecular complexity index is 803. The average Bonchev–Trinajstić information content (AvgIpc) is 3.07. The Morgan fingerprint density at radius 3 is 2.64 bits per heavy atom. The number of aromatic nitrogens is 1. The van der Waals surface area contributed by atoms with Crippen LogP contribution >= 0.6 is 11.3 Å². The van der Waals surface area contributed by atoms with Gasteiger partial charge in [-0.2, -0.15) is 13.2 Å². The monoisotopic (exact) mass is 414 g/mol. The normalized spacial score (nSPS) is 12.4. The molecule has 0 amide bonds. The van der Waals surface area contributed by atoms with E-state index >= 15 is 0 Å². The van der Waals surface area contributed by atoms with Crippen molar-refractivity contribution < 1.29 is 17.9 Å². The van der Waals surface area contributed by atoms with Gasteiger partial charge in [-0.05, 0) is 39.3 Å². The zero-order valence-electron chi connectivity index (χ0n) is 16.4. The maximum atomic E-state index is 12.7. The molecule has 0 bridgehead atoms. The van der Waals surface area contributed by atoms with Gasteiger partial charge in [-0.15, -0.1) is 11.3 Å². The van der Waals surface area contributed by atoms with Crippen LogP contribution in [0, 0.1) is 6.92 Å². The van der Waals surface area contributed by atoms with Gasteiger partial charge in [0.05, 0.1) is 19.2 Å². The maximum absolute atomic E-state index is 12.7. The van der Waals surface area contributed by atoms with Gasteiger partial charge < -0.3 is 15.4 Å². The molecule has 0 atom stereocenters. The number of aryl methyl sites for hydroxylation is 1. The molecule has 154 valence electrons. The number of halogens is 3. The largest absolute Gasteiger partial charge is 0.491 e. The lowest BCUT2D eigenvalue weighted by Gasteiger charge is -2.15. The van der Waals surface area contributed by atoms with Crippen molar-refractivity contribution >= 4 is 17.3 Å². The van der Waals surface area contributed by atoms with Crippen molar-refractivity contribution in [1.82, 2.24) is 15.6 Å². The highest BCUT2D eigenvalue weighted by molar-refractivity contribution is 7.09. The van der Waals surface area contributed by atoms with Crippen LogP contribution in [0.2, 0.25) is 0 Å². The predicted octanol–water partition coefficient (Wildman–Crippen LogP) is 4.51. The Balaban J connectivity index is 2.07. The minimum absolute atomic E-state index is 0.0450. The number of thiazole rings is 1. The highest BCUT2D eigenvalue weighted by atomic mass is 32.1. The van der Waals surface area contributed by atoms with Gasteiger partial charge in [0.15, 0.2) is 11.7 Å². The molecule has 1 aromatic carbocycles. The molecule has 0 unspecified atom stereocenters. The number of guanidine groups is 1. The summed E-state index contributed by atoms with van der Waals surface area (Å²) in [5.41, 5.74) is 1.16. The zero-order valence-corrected chi connectivity index (χ0v) is 17.2. The molecular formula is C19H25F3N4OS. The Kier molecular flexibility index (Phi) is 7.68. The Morgan fingerprint density at radius 1 is 1.29 bits per heavy atom. The molecule has 0 saturated heterocycles. The third-order valence-corrected chi connectivity index (χ3v) is 4.44. The standard InChI is InChI=1S/C19H25F3N4OS/c1-5-23-18(25-10-17-26-16(11-28-17)19(20,21)22)24-9-14-7-6-13(4)8-15(14)27-12(2)3/h6-8,11-12H,5,9-10H2,1-4H3,(H2,23,24,25). The van der Waals surface area contributed by atoms with E-state index in [-0.39, 0.29) is 12.6 Å². The number of nitrogens with zero attached hydrogens (tertiary/aromatic N) is 2. The molecule has 9 heteroatoms. The zero-order chi connectivity index (χ0) is 20.7. The lowest BCUT2D eigenvalue weighted by Crippen LogP contribution is -2.36. The van der Waals surface area contributed by atoms with Crippen molar-refractivity contribution in [3.05, 3.63) is 45.4 Å². The summed E-state index contributed by atoms with van der Waals surface area (Å²) in [4.78, 5) is 8.14. The van der Waals surface area contributed by atoms with E-state index in [2.05, 4.69) is 20.6 Å². The molecule has 2 aromatic rings. The molecule has 0 fully saturated rings. The molecule has 1 heterocycles. The van der Waals surface area contributed by atoms with Crippen molar-refractivity contribution in [1.29, 1.82) is 0 Å². The molecular weight excluding hydrogens is 389 g/mol. The second kappa shape index (κ2) is 9.77. The Morgan fingerprint density at radius 2 is 2.04 bits per heavy atom. The lowest BCUT2D eigenvalue weighted by molar-refractivity contribution is -0.140.